The van der Waals surface area contributed by atoms with Crippen LogP contribution >= 0.6 is 23.2 Å². The number of hydrogen-bond acceptors (Lipinski definition) is 6. The number of benzene rings is 2. The number of halogens is 3. The number of allylic oxidation sites excluding steroid dienone is 2. The molecule has 2 aliphatic heterocycles. The Bertz CT molecular complexity index is 1480. The van der Waals surface area contributed by atoms with Gasteiger partial charge in [0.15, 0.2) is 9.75 Å². The van der Waals surface area contributed by atoms with Crippen molar-refractivity contribution >= 4 is 52.5 Å². The Balaban J connectivity index is 1.60. The average Bonchev–Trinajstić information content (AvgIpc) is 3.20. The number of phenols is 1. The summed E-state index contributed by atoms with van der Waals surface area (Å²) in [7, 11) is 0. The zero-order chi connectivity index (χ0) is 27.3. The van der Waals surface area contributed by atoms with Crippen LogP contribution in [0.2, 0.25) is 0 Å². The van der Waals surface area contributed by atoms with Gasteiger partial charge in [0.05, 0.1) is 17.5 Å². The predicted molar refractivity (Wildman–Crippen MR) is 133 cm³/mol. The highest BCUT2D eigenvalue weighted by Crippen LogP contribution is 2.66. The number of anilines is 1. The fourth-order valence-electron chi connectivity index (χ4n) is 6.64. The van der Waals surface area contributed by atoms with Gasteiger partial charge in [0.1, 0.15) is 11.6 Å². The van der Waals surface area contributed by atoms with Gasteiger partial charge in [0, 0.05) is 11.5 Å². The second-order valence-corrected chi connectivity index (χ2v) is 11.5. The van der Waals surface area contributed by atoms with E-state index < -0.39 is 62.9 Å². The van der Waals surface area contributed by atoms with E-state index in [1.165, 1.54) is 12.1 Å². The van der Waals surface area contributed by atoms with E-state index in [-0.39, 0.29) is 34.9 Å². The summed E-state index contributed by atoms with van der Waals surface area (Å²) in [5, 5.41) is 21.3. The molecule has 2 saturated heterocycles. The Morgan fingerprint density at radius 3 is 2.34 bits per heavy atom. The highest BCUT2D eigenvalue weighted by atomic mass is 35.5. The molecule has 2 aliphatic carbocycles. The average molecular weight is 559 g/mol. The third-order valence-corrected chi connectivity index (χ3v) is 9.87. The maximum Gasteiger partial charge on any atom is 0.258 e. The summed E-state index contributed by atoms with van der Waals surface area (Å²) >= 11 is 14.3. The van der Waals surface area contributed by atoms with Gasteiger partial charge < -0.3 is 5.11 Å². The number of aromatic hydroxyl groups is 1. The number of hydrogen-bond donors (Lipinski definition) is 2. The summed E-state index contributed by atoms with van der Waals surface area (Å²) in [6.07, 6.45) is 1.51. The summed E-state index contributed by atoms with van der Waals surface area (Å²) in [6.45, 7) is 1.66. The number of amides is 4. The summed E-state index contributed by atoms with van der Waals surface area (Å²) < 4.78 is 13.6. The largest absolute Gasteiger partial charge is 0.507 e. The van der Waals surface area contributed by atoms with Gasteiger partial charge in [0.2, 0.25) is 0 Å². The van der Waals surface area contributed by atoms with E-state index in [1.54, 1.807) is 31.2 Å². The number of carbonyl (C=O) groups is 4. The molecule has 2 aromatic carbocycles. The number of aryl methyl sites for hydroxylation is 1. The molecule has 4 amide bonds. The fraction of sp³-hybridized carbons (Fsp3) is 0.333. The minimum atomic E-state index is -2.13. The van der Waals surface area contributed by atoms with Gasteiger partial charge >= 0.3 is 0 Å². The van der Waals surface area contributed by atoms with Crippen LogP contribution in [0.4, 0.5) is 10.1 Å². The molecular weight excluding hydrogens is 538 g/mol. The van der Waals surface area contributed by atoms with Crippen molar-refractivity contribution in [2.45, 2.75) is 35.4 Å². The van der Waals surface area contributed by atoms with Crippen molar-refractivity contribution in [1.82, 2.24) is 5.06 Å². The topological polar surface area (TPSA) is 115 Å². The Morgan fingerprint density at radius 2 is 1.66 bits per heavy atom. The lowest BCUT2D eigenvalue weighted by Crippen LogP contribution is -2.60. The van der Waals surface area contributed by atoms with Gasteiger partial charge in [-0.3, -0.25) is 24.4 Å². The van der Waals surface area contributed by atoms with Gasteiger partial charge in [-0.25, -0.2) is 9.29 Å². The summed E-state index contributed by atoms with van der Waals surface area (Å²) in [4.78, 5) is 50.3. The van der Waals surface area contributed by atoms with E-state index in [9.17, 15) is 33.9 Å². The highest BCUT2D eigenvalue weighted by Gasteiger charge is 2.76. The lowest BCUT2D eigenvalue weighted by molar-refractivity contribution is -0.173. The molecule has 196 valence electrons. The third kappa shape index (κ3) is 2.95. The van der Waals surface area contributed by atoms with E-state index in [0.717, 1.165) is 17.0 Å². The molecule has 6 rings (SSSR count). The molecule has 4 aliphatic rings. The van der Waals surface area contributed by atoms with Gasteiger partial charge in [-0.05, 0) is 55.5 Å². The van der Waals surface area contributed by atoms with E-state index >= 15 is 0 Å². The zero-order valence-electron chi connectivity index (χ0n) is 19.9. The molecule has 0 bridgehead atoms. The van der Waals surface area contributed by atoms with Crippen molar-refractivity contribution in [2.75, 3.05) is 4.90 Å². The van der Waals surface area contributed by atoms with Crippen molar-refractivity contribution in [3.63, 3.8) is 0 Å². The molecule has 0 unspecified atom stereocenters. The van der Waals surface area contributed by atoms with Crippen LogP contribution in [0.25, 0.3) is 0 Å². The number of alkyl halides is 2. The van der Waals surface area contributed by atoms with Crippen LogP contribution in [0.5, 0.6) is 5.75 Å². The number of imide groups is 2. The summed E-state index contributed by atoms with van der Waals surface area (Å²) in [5.74, 6) is -7.89. The number of nitrogens with zero attached hydrogens (tertiary/aromatic N) is 2. The number of carbonyl (C=O) groups excluding carboxylic acids is 4. The molecule has 0 spiro atoms. The van der Waals surface area contributed by atoms with E-state index in [4.69, 9.17) is 23.2 Å². The number of hydroxylamine groups is 2. The van der Waals surface area contributed by atoms with Crippen molar-refractivity contribution in [1.29, 1.82) is 0 Å². The quantitative estimate of drug-likeness (QED) is 0.251. The number of fused-ring (bicyclic) bond motifs is 4. The molecule has 0 radical (unpaired) electrons. The van der Waals surface area contributed by atoms with Gasteiger partial charge in [-0.15, -0.1) is 23.2 Å². The molecule has 6 atom stereocenters. The first-order valence-corrected chi connectivity index (χ1v) is 12.8. The van der Waals surface area contributed by atoms with Crippen molar-refractivity contribution in [3.8, 4) is 5.75 Å². The SMILES string of the molecule is Cc1cccc([C@H]2C3=CC[C@@H]4C(=O)N(O)C(=O)[C@@H]4[C@@H]3C[C@@]3(Cl)C(=O)N(c4ccc(F)cc4)C(=O)[C@@]23Cl)c1O. The zero-order valence-corrected chi connectivity index (χ0v) is 21.4. The highest BCUT2D eigenvalue weighted by molar-refractivity contribution is 6.58. The monoisotopic (exact) mass is 558 g/mol. The van der Waals surface area contributed by atoms with Crippen LogP contribution in [0.1, 0.15) is 29.9 Å². The number of para-hydroxylation sites is 1. The standard InChI is InChI=1S/C27H21Cl2FN2O6/c1-12-3-2-4-17(21(12)33)20-15-9-10-16-19(23(35)32(38)22(16)34)18(15)11-26(28)24(36)31(25(37)27(20,26)29)14-7-5-13(30)6-8-14/h2-9,16,18-20,33,38H,10-11H2,1H3/t16-,18+,19-,20+,26+,27-/m0/s1. The molecule has 0 aromatic heterocycles. The molecule has 2 aromatic rings. The third-order valence-electron chi connectivity index (χ3n) is 8.45. The Kier molecular flexibility index (Phi) is 5.35. The molecular formula is C27H21Cl2FN2O6. The normalized spacial score (nSPS) is 34.3. The Labute approximate surface area is 226 Å². The summed E-state index contributed by atoms with van der Waals surface area (Å²) in [6, 6.07) is 9.59. The molecule has 3 fully saturated rings. The molecule has 8 nitrogen and oxygen atoms in total. The van der Waals surface area contributed by atoms with Crippen LogP contribution in [-0.2, 0) is 19.2 Å². The number of phenolic OH excluding ortho intramolecular Hbond substituents is 1. The first kappa shape index (κ1) is 25.0. The van der Waals surface area contributed by atoms with E-state index in [1.807, 2.05) is 0 Å². The maximum absolute atomic E-state index is 14.1. The fourth-order valence-corrected chi connectivity index (χ4v) is 7.57. The minimum absolute atomic E-state index is 0.0616. The van der Waals surface area contributed by atoms with E-state index in [0.29, 0.717) is 11.1 Å². The first-order valence-electron chi connectivity index (χ1n) is 12.0. The van der Waals surface area contributed by atoms with Crippen molar-refractivity contribution < 1.29 is 33.9 Å². The maximum atomic E-state index is 14.1. The second kappa shape index (κ2) is 8.11. The first-order chi connectivity index (χ1) is 17.9. The van der Waals surface area contributed by atoms with Crippen LogP contribution in [0, 0.1) is 30.5 Å². The van der Waals surface area contributed by atoms with Crippen LogP contribution < -0.4 is 4.90 Å². The van der Waals surface area contributed by atoms with E-state index in [2.05, 4.69) is 0 Å². The summed E-state index contributed by atoms with van der Waals surface area (Å²) in [5.41, 5.74) is 1.27. The molecule has 2 N–H and O–H groups in total. The van der Waals surface area contributed by atoms with Crippen molar-refractivity contribution in [2.24, 2.45) is 17.8 Å². The molecule has 11 heteroatoms. The van der Waals surface area contributed by atoms with Gasteiger partial charge in [0.25, 0.3) is 23.6 Å². The predicted octanol–water partition coefficient (Wildman–Crippen LogP) is 3.79. The lowest BCUT2D eigenvalue weighted by Gasteiger charge is -2.50. The molecule has 2 heterocycles. The van der Waals surface area contributed by atoms with Crippen LogP contribution in [0.3, 0.4) is 0 Å². The lowest BCUT2D eigenvalue weighted by atomic mass is 9.56. The minimum Gasteiger partial charge on any atom is -0.507 e. The molecule has 38 heavy (non-hydrogen) atoms. The second-order valence-electron chi connectivity index (χ2n) is 10.3. The van der Waals surface area contributed by atoms with Gasteiger partial charge in [-0.1, -0.05) is 29.8 Å². The van der Waals surface area contributed by atoms with Crippen LogP contribution in [-0.4, -0.2) is 48.8 Å². The molecule has 1 saturated carbocycles. The van der Waals surface area contributed by atoms with Crippen molar-refractivity contribution in [3.05, 3.63) is 71.1 Å². The Morgan fingerprint density at radius 1 is 0.974 bits per heavy atom. The van der Waals surface area contributed by atoms with Gasteiger partial charge in [-0.2, -0.15) is 5.06 Å². The number of rotatable bonds is 2. The van der Waals surface area contributed by atoms with Crippen LogP contribution in [0.15, 0.2) is 54.1 Å². The smallest absolute Gasteiger partial charge is 0.258 e. The Hall–Kier alpha value is -3.27.